The molecule has 0 bridgehead atoms. The molecule has 5 nitrogen and oxygen atoms in total. The molecule has 0 spiro atoms. The number of nitrogens with zero attached hydrogens (tertiary/aromatic N) is 2. The number of aliphatic hydroxyl groups excluding tert-OH is 2. The van der Waals surface area contributed by atoms with E-state index in [1.54, 1.807) is 13.1 Å². The van der Waals surface area contributed by atoms with Crippen LogP contribution in [0.2, 0.25) is 0 Å². The summed E-state index contributed by atoms with van der Waals surface area (Å²) >= 11 is 0. The standard InChI is InChI=1S/C20H21N3O2/c1-20(13-24,14-25)23-19-21-12-17(15-8-4-2-5-9-15)18(22-19)16-10-6-3-7-11-16/h2-12,24-25H,13-14H2,1H3,(H,21,22,23). The molecule has 2 aromatic carbocycles. The van der Waals surface area contributed by atoms with Crippen LogP contribution in [0, 0.1) is 0 Å². The minimum atomic E-state index is -0.887. The lowest BCUT2D eigenvalue weighted by Crippen LogP contribution is -2.43. The molecule has 0 atom stereocenters. The average Bonchev–Trinajstić information content (AvgIpc) is 2.69. The number of hydrogen-bond donors (Lipinski definition) is 3. The van der Waals surface area contributed by atoms with Crippen LogP contribution < -0.4 is 5.32 Å². The molecule has 3 aromatic rings. The summed E-state index contributed by atoms with van der Waals surface area (Å²) in [6, 6.07) is 19.8. The van der Waals surface area contributed by atoms with Crippen molar-refractivity contribution >= 4 is 5.95 Å². The van der Waals surface area contributed by atoms with Gasteiger partial charge in [-0.25, -0.2) is 9.97 Å². The number of aliphatic hydroxyl groups is 2. The van der Waals surface area contributed by atoms with Crippen molar-refractivity contribution in [3.8, 4) is 22.4 Å². The van der Waals surface area contributed by atoms with Gasteiger partial charge in [-0.1, -0.05) is 60.7 Å². The summed E-state index contributed by atoms with van der Waals surface area (Å²) in [7, 11) is 0. The third-order valence-corrected chi connectivity index (χ3v) is 4.03. The second-order valence-corrected chi connectivity index (χ2v) is 6.19. The van der Waals surface area contributed by atoms with Gasteiger partial charge in [0.25, 0.3) is 0 Å². The Balaban J connectivity index is 2.09. The van der Waals surface area contributed by atoms with E-state index < -0.39 is 5.54 Å². The zero-order chi connectivity index (χ0) is 17.7. The first-order valence-electron chi connectivity index (χ1n) is 8.13. The van der Waals surface area contributed by atoms with E-state index in [4.69, 9.17) is 0 Å². The predicted octanol–water partition coefficient (Wildman–Crippen LogP) is 2.97. The lowest BCUT2D eigenvalue weighted by atomic mass is 10.0. The van der Waals surface area contributed by atoms with Crippen LogP contribution in [0.25, 0.3) is 22.4 Å². The first-order chi connectivity index (χ1) is 12.1. The summed E-state index contributed by atoms with van der Waals surface area (Å²) in [4.78, 5) is 9.03. The molecule has 128 valence electrons. The van der Waals surface area contributed by atoms with Gasteiger partial charge in [0.2, 0.25) is 5.95 Å². The Kier molecular flexibility index (Phi) is 5.07. The Morgan fingerprint density at radius 3 is 2.00 bits per heavy atom. The van der Waals surface area contributed by atoms with Crippen molar-refractivity contribution in [2.24, 2.45) is 0 Å². The van der Waals surface area contributed by atoms with E-state index in [0.29, 0.717) is 5.95 Å². The fourth-order valence-corrected chi connectivity index (χ4v) is 2.49. The smallest absolute Gasteiger partial charge is 0.223 e. The highest BCUT2D eigenvalue weighted by molar-refractivity contribution is 5.80. The molecule has 25 heavy (non-hydrogen) atoms. The maximum atomic E-state index is 9.49. The molecular weight excluding hydrogens is 314 g/mol. The summed E-state index contributed by atoms with van der Waals surface area (Å²) in [5.74, 6) is 0.365. The van der Waals surface area contributed by atoms with Crippen molar-refractivity contribution in [2.75, 3.05) is 18.5 Å². The predicted molar refractivity (Wildman–Crippen MR) is 99.1 cm³/mol. The number of rotatable bonds is 6. The van der Waals surface area contributed by atoms with Crippen molar-refractivity contribution in [1.29, 1.82) is 0 Å². The maximum Gasteiger partial charge on any atom is 0.223 e. The third-order valence-electron chi connectivity index (χ3n) is 4.03. The molecule has 0 unspecified atom stereocenters. The van der Waals surface area contributed by atoms with Crippen LogP contribution in [0.3, 0.4) is 0 Å². The highest BCUT2D eigenvalue weighted by Gasteiger charge is 2.23. The van der Waals surface area contributed by atoms with Gasteiger partial charge in [0.05, 0.1) is 24.4 Å². The minimum absolute atomic E-state index is 0.228. The fourth-order valence-electron chi connectivity index (χ4n) is 2.49. The fraction of sp³-hybridized carbons (Fsp3) is 0.200. The van der Waals surface area contributed by atoms with Crippen molar-refractivity contribution in [2.45, 2.75) is 12.5 Å². The van der Waals surface area contributed by atoms with Crippen LogP contribution in [0.1, 0.15) is 6.92 Å². The van der Waals surface area contributed by atoms with Crippen LogP contribution in [-0.4, -0.2) is 38.9 Å². The van der Waals surface area contributed by atoms with Gasteiger partial charge in [-0.3, -0.25) is 0 Å². The quantitative estimate of drug-likeness (QED) is 0.645. The van der Waals surface area contributed by atoms with E-state index in [-0.39, 0.29) is 13.2 Å². The molecular formula is C20H21N3O2. The Labute approximate surface area is 147 Å². The molecule has 0 amide bonds. The van der Waals surface area contributed by atoms with Gasteiger partial charge in [0.15, 0.2) is 0 Å². The van der Waals surface area contributed by atoms with Gasteiger partial charge in [-0.2, -0.15) is 0 Å². The topological polar surface area (TPSA) is 78.3 Å². The molecule has 1 heterocycles. The van der Waals surface area contributed by atoms with Crippen LogP contribution in [-0.2, 0) is 0 Å². The summed E-state index contributed by atoms with van der Waals surface area (Å²) in [6.07, 6.45) is 1.77. The van der Waals surface area contributed by atoms with E-state index in [1.165, 1.54) is 0 Å². The van der Waals surface area contributed by atoms with Crippen LogP contribution >= 0.6 is 0 Å². The normalized spacial score (nSPS) is 11.3. The molecule has 3 N–H and O–H groups in total. The second-order valence-electron chi connectivity index (χ2n) is 6.19. The SMILES string of the molecule is CC(CO)(CO)Nc1ncc(-c2ccccc2)c(-c2ccccc2)n1. The molecule has 3 rings (SSSR count). The first-order valence-corrected chi connectivity index (χ1v) is 8.13. The summed E-state index contributed by atoms with van der Waals surface area (Å²) < 4.78 is 0. The molecule has 0 aliphatic rings. The van der Waals surface area contributed by atoms with E-state index in [0.717, 1.165) is 22.4 Å². The number of hydrogen-bond acceptors (Lipinski definition) is 5. The number of anilines is 1. The summed E-state index contributed by atoms with van der Waals surface area (Å²) in [6.45, 7) is 1.26. The largest absolute Gasteiger partial charge is 0.394 e. The molecule has 5 heteroatoms. The van der Waals surface area contributed by atoms with Crippen LogP contribution in [0.4, 0.5) is 5.95 Å². The minimum Gasteiger partial charge on any atom is -0.394 e. The monoisotopic (exact) mass is 335 g/mol. The third kappa shape index (κ3) is 3.84. The van der Waals surface area contributed by atoms with Crippen molar-refractivity contribution in [3.63, 3.8) is 0 Å². The molecule has 0 radical (unpaired) electrons. The second kappa shape index (κ2) is 7.42. The van der Waals surface area contributed by atoms with Gasteiger partial charge in [-0.05, 0) is 12.5 Å². The highest BCUT2D eigenvalue weighted by Crippen LogP contribution is 2.30. The van der Waals surface area contributed by atoms with Crippen LogP contribution in [0.5, 0.6) is 0 Å². The number of aromatic nitrogens is 2. The lowest BCUT2D eigenvalue weighted by Gasteiger charge is -2.26. The average molecular weight is 335 g/mol. The highest BCUT2D eigenvalue weighted by atomic mass is 16.3. The Bertz CT molecular complexity index is 819. The molecule has 1 aromatic heterocycles. The van der Waals surface area contributed by atoms with Crippen LogP contribution in [0.15, 0.2) is 66.9 Å². The van der Waals surface area contributed by atoms with Crippen molar-refractivity contribution in [3.05, 3.63) is 66.9 Å². The molecule has 0 saturated carbocycles. The molecule has 0 aliphatic carbocycles. The van der Waals surface area contributed by atoms with Gasteiger partial charge in [0, 0.05) is 17.3 Å². The molecule has 0 aliphatic heterocycles. The van der Waals surface area contributed by atoms with E-state index in [1.807, 2.05) is 60.7 Å². The van der Waals surface area contributed by atoms with Gasteiger partial charge in [-0.15, -0.1) is 0 Å². The van der Waals surface area contributed by atoms with E-state index in [2.05, 4.69) is 15.3 Å². The molecule has 0 fully saturated rings. The van der Waals surface area contributed by atoms with Gasteiger partial charge >= 0.3 is 0 Å². The Morgan fingerprint density at radius 2 is 1.44 bits per heavy atom. The Morgan fingerprint density at radius 1 is 0.880 bits per heavy atom. The van der Waals surface area contributed by atoms with Gasteiger partial charge in [0.1, 0.15) is 0 Å². The maximum absolute atomic E-state index is 9.49. The lowest BCUT2D eigenvalue weighted by molar-refractivity contribution is 0.147. The van der Waals surface area contributed by atoms with E-state index in [9.17, 15) is 10.2 Å². The Hall–Kier alpha value is -2.76. The number of nitrogens with one attached hydrogen (secondary N) is 1. The first kappa shape index (κ1) is 17.1. The van der Waals surface area contributed by atoms with Gasteiger partial charge < -0.3 is 15.5 Å². The zero-order valence-electron chi connectivity index (χ0n) is 14.1. The zero-order valence-corrected chi connectivity index (χ0v) is 14.1. The number of benzene rings is 2. The van der Waals surface area contributed by atoms with Crippen molar-refractivity contribution in [1.82, 2.24) is 9.97 Å². The summed E-state index contributed by atoms with van der Waals surface area (Å²) in [5, 5.41) is 22.0. The van der Waals surface area contributed by atoms with E-state index >= 15 is 0 Å². The summed E-state index contributed by atoms with van der Waals surface area (Å²) in [5.41, 5.74) is 2.83. The molecule has 0 saturated heterocycles. The van der Waals surface area contributed by atoms with Crippen molar-refractivity contribution < 1.29 is 10.2 Å².